The van der Waals surface area contributed by atoms with Gasteiger partial charge in [-0.05, 0) is 69.2 Å². The summed E-state index contributed by atoms with van der Waals surface area (Å²) in [6.07, 6.45) is 0. The van der Waals surface area contributed by atoms with Gasteiger partial charge in [0.1, 0.15) is 18.1 Å². The second-order valence-corrected chi connectivity index (χ2v) is 7.08. The van der Waals surface area contributed by atoms with E-state index in [0.717, 1.165) is 33.9 Å². The number of nitrogens with one attached hydrogen (secondary N) is 1. The number of carbonyl (C=O) groups excluding carboxylic acids is 1. The quantitative estimate of drug-likeness (QED) is 0.552. The van der Waals surface area contributed by atoms with Crippen LogP contribution in [0, 0.1) is 20.8 Å². The number of aryl methyl sites for hydroxylation is 3. The van der Waals surface area contributed by atoms with Gasteiger partial charge in [-0.3, -0.25) is 4.79 Å². The Hall–Kier alpha value is -3.27. The number of hydrogen-bond acceptors (Lipinski definition) is 3. The first-order valence-electron chi connectivity index (χ1n) is 9.80. The molecular formula is C25H27NO3. The Morgan fingerprint density at radius 3 is 2.24 bits per heavy atom. The van der Waals surface area contributed by atoms with Crippen LogP contribution < -0.4 is 14.8 Å². The van der Waals surface area contributed by atoms with Crippen LogP contribution in [-0.4, -0.2) is 12.5 Å². The highest BCUT2D eigenvalue weighted by Gasteiger charge is 2.13. The van der Waals surface area contributed by atoms with Crippen molar-refractivity contribution < 1.29 is 14.3 Å². The lowest BCUT2D eigenvalue weighted by Crippen LogP contribution is -2.14. The largest absolute Gasteiger partial charge is 0.493 e. The van der Waals surface area contributed by atoms with Crippen LogP contribution in [0.2, 0.25) is 0 Å². The van der Waals surface area contributed by atoms with E-state index in [9.17, 15) is 4.79 Å². The summed E-state index contributed by atoms with van der Waals surface area (Å²) in [6, 6.07) is 19.3. The summed E-state index contributed by atoms with van der Waals surface area (Å²) in [5.41, 5.74) is 5.50. The van der Waals surface area contributed by atoms with Crippen LogP contribution in [0.4, 0.5) is 5.69 Å². The molecule has 29 heavy (non-hydrogen) atoms. The van der Waals surface area contributed by atoms with Gasteiger partial charge >= 0.3 is 0 Å². The third-order valence-electron chi connectivity index (χ3n) is 4.76. The summed E-state index contributed by atoms with van der Waals surface area (Å²) in [7, 11) is 0. The van der Waals surface area contributed by atoms with E-state index in [2.05, 4.69) is 5.32 Å². The highest BCUT2D eigenvalue weighted by atomic mass is 16.5. The number of carbonyl (C=O) groups is 1. The van der Waals surface area contributed by atoms with Crippen molar-refractivity contribution in [2.75, 3.05) is 11.9 Å². The minimum atomic E-state index is -0.151. The zero-order chi connectivity index (χ0) is 20.8. The third kappa shape index (κ3) is 5.17. The van der Waals surface area contributed by atoms with Crippen LogP contribution >= 0.6 is 0 Å². The van der Waals surface area contributed by atoms with E-state index in [0.29, 0.717) is 18.8 Å². The molecule has 0 aliphatic carbocycles. The lowest BCUT2D eigenvalue weighted by molar-refractivity contribution is 0.102. The average Bonchev–Trinajstić information content (AvgIpc) is 2.71. The lowest BCUT2D eigenvalue weighted by Gasteiger charge is -2.15. The molecule has 0 aliphatic heterocycles. The van der Waals surface area contributed by atoms with Crippen molar-refractivity contribution in [3.63, 3.8) is 0 Å². The predicted octanol–water partition coefficient (Wildman–Crippen LogP) is 5.84. The first-order chi connectivity index (χ1) is 14.0. The SMILES string of the molecule is CCOc1ccc(C(=O)Nc2c(C)cccc2C)cc1COc1ccc(C)cc1. The summed E-state index contributed by atoms with van der Waals surface area (Å²) in [6.45, 7) is 8.82. The van der Waals surface area contributed by atoms with Gasteiger partial charge in [0.05, 0.1) is 6.61 Å². The summed E-state index contributed by atoms with van der Waals surface area (Å²) in [5, 5.41) is 3.03. The van der Waals surface area contributed by atoms with Crippen LogP contribution in [0.5, 0.6) is 11.5 Å². The van der Waals surface area contributed by atoms with Gasteiger partial charge in [-0.2, -0.15) is 0 Å². The molecular weight excluding hydrogens is 362 g/mol. The Morgan fingerprint density at radius 2 is 1.59 bits per heavy atom. The number of para-hydroxylation sites is 1. The zero-order valence-electron chi connectivity index (χ0n) is 17.4. The molecule has 0 heterocycles. The average molecular weight is 389 g/mol. The smallest absolute Gasteiger partial charge is 0.255 e. The minimum absolute atomic E-state index is 0.151. The Kier molecular flexibility index (Phi) is 6.55. The van der Waals surface area contributed by atoms with E-state index in [4.69, 9.17) is 9.47 Å². The third-order valence-corrected chi connectivity index (χ3v) is 4.76. The number of rotatable bonds is 7. The Labute approximate surface area is 172 Å². The molecule has 0 atom stereocenters. The molecule has 0 aliphatic rings. The van der Waals surface area contributed by atoms with Gasteiger partial charge in [0.15, 0.2) is 0 Å². The molecule has 0 fully saturated rings. The molecule has 4 heteroatoms. The maximum Gasteiger partial charge on any atom is 0.255 e. The molecule has 0 aromatic heterocycles. The Morgan fingerprint density at radius 1 is 0.897 bits per heavy atom. The molecule has 3 aromatic rings. The van der Waals surface area contributed by atoms with Crippen LogP contribution in [0.15, 0.2) is 60.7 Å². The van der Waals surface area contributed by atoms with Gasteiger partial charge in [-0.15, -0.1) is 0 Å². The number of benzene rings is 3. The molecule has 0 unspecified atom stereocenters. The molecule has 3 rings (SSSR count). The van der Waals surface area contributed by atoms with Crippen molar-refractivity contribution in [3.05, 3.63) is 88.5 Å². The molecule has 1 N–H and O–H groups in total. The molecule has 4 nitrogen and oxygen atoms in total. The second-order valence-electron chi connectivity index (χ2n) is 7.08. The number of ether oxygens (including phenoxy) is 2. The van der Waals surface area contributed by atoms with Gasteiger partial charge in [-0.1, -0.05) is 35.9 Å². The fraction of sp³-hybridized carbons (Fsp3) is 0.240. The molecule has 0 bridgehead atoms. The van der Waals surface area contributed by atoms with Crippen LogP contribution in [-0.2, 0) is 6.61 Å². The van der Waals surface area contributed by atoms with E-state index in [1.807, 2.05) is 82.3 Å². The second kappa shape index (κ2) is 9.28. The normalized spacial score (nSPS) is 10.5. The first-order valence-corrected chi connectivity index (χ1v) is 9.80. The highest BCUT2D eigenvalue weighted by Crippen LogP contribution is 2.25. The van der Waals surface area contributed by atoms with Gasteiger partial charge in [-0.25, -0.2) is 0 Å². The van der Waals surface area contributed by atoms with E-state index < -0.39 is 0 Å². The Balaban J connectivity index is 1.81. The van der Waals surface area contributed by atoms with Gasteiger partial charge in [0.25, 0.3) is 5.91 Å². The fourth-order valence-electron chi connectivity index (χ4n) is 3.12. The van der Waals surface area contributed by atoms with Crippen molar-refractivity contribution in [1.29, 1.82) is 0 Å². The molecule has 0 radical (unpaired) electrons. The highest BCUT2D eigenvalue weighted by molar-refractivity contribution is 6.05. The maximum atomic E-state index is 12.9. The lowest BCUT2D eigenvalue weighted by atomic mass is 10.1. The molecule has 150 valence electrons. The van der Waals surface area contributed by atoms with E-state index in [1.165, 1.54) is 5.56 Å². The standard InChI is InChI=1S/C25H27NO3/c1-5-28-23-14-11-20(25(27)26-24-18(3)7-6-8-19(24)4)15-21(23)16-29-22-12-9-17(2)10-13-22/h6-15H,5,16H2,1-4H3,(H,26,27). The minimum Gasteiger partial charge on any atom is -0.493 e. The van der Waals surface area contributed by atoms with Gasteiger partial charge in [0.2, 0.25) is 0 Å². The van der Waals surface area contributed by atoms with E-state index in [-0.39, 0.29) is 5.91 Å². The summed E-state index contributed by atoms with van der Waals surface area (Å²) in [4.78, 5) is 12.9. The molecule has 0 saturated carbocycles. The molecule has 3 aromatic carbocycles. The van der Waals surface area contributed by atoms with Crippen molar-refractivity contribution in [3.8, 4) is 11.5 Å². The van der Waals surface area contributed by atoms with Crippen molar-refractivity contribution in [2.24, 2.45) is 0 Å². The van der Waals surface area contributed by atoms with E-state index in [1.54, 1.807) is 6.07 Å². The zero-order valence-corrected chi connectivity index (χ0v) is 17.4. The predicted molar refractivity (Wildman–Crippen MR) is 117 cm³/mol. The first kappa shape index (κ1) is 20.5. The fourth-order valence-corrected chi connectivity index (χ4v) is 3.12. The van der Waals surface area contributed by atoms with E-state index >= 15 is 0 Å². The summed E-state index contributed by atoms with van der Waals surface area (Å²) < 4.78 is 11.6. The molecule has 1 amide bonds. The van der Waals surface area contributed by atoms with Crippen molar-refractivity contribution in [1.82, 2.24) is 0 Å². The van der Waals surface area contributed by atoms with Crippen LogP contribution in [0.3, 0.4) is 0 Å². The summed E-state index contributed by atoms with van der Waals surface area (Å²) >= 11 is 0. The van der Waals surface area contributed by atoms with Gasteiger partial charge < -0.3 is 14.8 Å². The maximum absolute atomic E-state index is 12.9. The number of amides is 1. The van der Waals surface area contributed by atoms with Crippen LogP contribution in [0.25, 0.3) is 0 Å². The van der Waals surface area contributed by atoms with Crippen LogP contribution in [0.1, 0.15) is 39.5 Å². The van der Waals surface area contributed by atoms with Crippen molar-refractivity contribution >= 4 is 11.6 Å². The number of anilines is 1. The summed E-state index contributed by atoms with van der Waals surface area (Å²) in [5.74, 6) is 1.36. The number of hydrogen-bond donors (Lipinski definition) is 1. The topological polar surface area (TPSA) is 47.6 Å². The van der Waals surface area contributed by atoms with Crippen molar-refractivity contribution in [2.45, 2.75) is 34.3 Å². The monoisotopic (exact) mass is 389 g/mol. The molecule has 0 spiro atoms. The van der Waals surface area contributed by atoms with Gasteiger partial charge in [0, 0.05) is 16.8 Å². The Bertz CT molecular complexity index is 973. The molecule has 0 saturated heterocycles.